The first-order chi connectivity index (χ1) is 9.51. The SMILES string of the molecule is COC(=O)c1cc(Oc2ccc(F)cc2Cl)ccc1N. The molecule has 0 bridgehead atoms. The lowest BCUT2D eigenvalue weighted by molar-refractivity contribution is 0.0601. The molecule has 0 aliphatic carbocycles. The van der Waals surface area contributed by atoms with Gasteiger partial charge in [-0.25, -0.2) is 9.18 Å². The number of halogens is 2. The summed E-state index contributed by atoms with van der Waals surface area (Å²) in [5.41, 5.74) is 6.13. The molecule has 6 heteroatoms. The van der Waals surface area contributed by atoms with E-state index in [-0.39, 0.29) is 22.0 Å². The highest BCUT2D eigenvalue weighted by molar-refractivity contribution is 6.32. The summed E-state index contributed by atoms with van der Waals surface area (Å²) in [6.07, 6.45) is 0. The van der Waals surface area contributed by atoms with Crippen LogP contribution in [0.5, 0.6) is 11.5 Å². The van der Waals surface area contributed by atoms with E-state index in [1.807, 2.05) is 0 Å². The van der Waals surface area contributed by atoms with Crippen LogP contribution in [0.2, 0.25) is 5.02 Å². The summed E-state index contributed by atoms with van der Waals surface area (Å²) in [4.78, 5) is 11.5. The predicted octanol–water partition coefficient (Wildman–Crippen LogP) is 3.64. The number of carbonyl (C=O) groups excluding carboxylic acids is 1. The molecular weight excluding hydrogens is 285 g/mol. The van der Waals surface area contributed by atoms with Crippen LogP contribution in [-0.2, 0) is 4.74 Å². The lowest BCUT2D eigenvalue weighted by atomic mass is 10.1. The summed E-state index contributed by atoms with van der Waals surface area (Å²) in [5, 5.41) is 0.126. The monoisotopic (exact) mass is 295 g/mol. The minimum absolute atomic E-state index is 0.126. The van der Waals surface area contributed by atoms with Crippen molar-refractivity contribution in [2.75, 3.05) is 12.8 Å². The van der Waals surface area contributed by atoms with Gasteiger partial charge in [0, 0.05) is 5.69 Å². The smallest absolute Gasteiger partial charge is 0.340 e. The summed E-state index contributed by atoms with van der Waals surface area (Å²) in [5.74, 6) is -0.421. The van der Waals surface area contributed by atoms with Crippen molar-refractivity contribution in [2.24, 2.45) is 0 Å². The average Bonchev–Trinajstić information content (AvgIpc) is 2.43. The Labute approximate surface area is 119 Å². The van der Waals surface area contributed by atoms with Gasteiger partial charge in [0.05, 0.1) is 17.7 Å². The highest BCUT2D eigenvalue weighted by Gasteiger charge is 2.12. The highest BCUT2D eigenvalue weighted by Crippen LogP contribution is 2.31. The maximum atomic E-state index is 12.9. The van der Waals surface area contributed by atoms with Crippen molar-refractivity contribution >= 4 is 23.3 Å². The molecular formula is C14H11ClFNO3. The quantitative estimate of drug-likeness (QED) is 0.693. The van der Waals surface area contributed by atoms with Gasteiger partial charge in [0.1, 0.15) is 17.3 Å². The molecule has 2 rings (SSSR count). The van der Waals surface area contributed by atoms with Gasteiger partial charge in [-0.15, -0.1) is 0 Å². The number of benzene rings is 2. The van der Waals surface area contributed by atoms with Crippen LogP contribution in [0.15, 0.2) is 36.4 Å². The Balaban J connectivity index is 2.32. The lowest BCUT2D eigenvalue weighted by Crippen LogP contribution is -2.05. The number of carbonyl (C=O) groups is 1. The topological polar surface area (TPSA) is 61.5 Å². The van der Waals surface area contributed by atoms with Gasteiger partial charge in [0.25, 0.3) is 0 Å². The highest BCUT2D eigenvalue weighted by atomic mass is 35.5. The molecule has 2 aromatic carbocycles. The number of hydrogen-bond acceptors (Lipinski definition) is 4. The first-order valence-corrected chi connectivity index (χ1v) is 6.00. The van der Waals surface area contributed by atoms with Crippen LogP contribution in [-0.4, -0.2) is 13.1 Å². The van der Waals surface area contributed by atoms with Crippen molar-refractivity contribution in [1.82, 2.24) is 0 Å². The minimum atomic E-state index is -0.571. The molecule has 2 aromatic rings. The van der Waals surface area contributed by atoms with Crippen molar-refractivity contribution in [3.63, 3.8) is 0 Å². The second kappa shape index (κ2) is 5.79. The molecule has 0 heterocycles. The number of rotatable bonds is 3. The molecule has 104 valence electrons. The Kier molecular flexibility index (Phi) is 4.10. The van der Waals surface area contributed by atoms with E-state index in [1.165, 1.54) is 31.4 Å². The molecule has 0 saturated carbocycles. The molecule has 0 saturated heterocycles. The molecule has 20 heavy (non-hydrogen) atoms. The van der Waals surface area contributed by atoms with Crippen LogP contribution in [0, 0.1) is 5.82 Å². The summed E-state index contributed by atoms with van der Waals surface area (Å²) in [6.45, 7) is 0. The number of ether oxygens (including phenoxy) is 2. The van der Waals surface area contributed by atoms with Gasteiger partial charge in [-0.3, -0.25) is 0 Å². The van der Waals surface area contributed by atoms with Crippen molar-refractivity contribution < 1.29 is 18.7 Å². The largest absolute Gasteiger partial charge is 0.465 e. The number of nitrogens with two attached hydrogens (primary N) is 1. The molecule has 0 aromatic heterocycles. The molecule has 0 unspecified atom stereocenters. The van der Waals surface area contributed by atoms with Gasteiger partial charge in [0.2, 0.25) is 0 Å². The van der Waals surface area contributed by atoms with E-state index in [9.17, 15) is 9.18 Å². The Morgan fingerprint density at radius 2 is 2.00 bits per heavy atom. The van der Waals surface area contributed by atoms with Crippen LogP contribution in [0.3, 0.4) is 0 Å². The van der Waals surface area contributed by atoms with Crippen LogP contribution in [0.4, 0.5) is 10.1 Å². The van der Waals surface area contributed by atoms with Crippen molar-refractivity contribution in [1.29, 1.82) is 0 Å². The second-order valence-electron chi connectivity index (χ2n) is 3.92. The average molecular weight is 296 g/mol. The fourth-order valence-corrected chi connectivity index (χ4v) is 1.78. The first kappa shape index (κ1) is 14.1. The Morgan fingerprint density at radius 1 is 1.25 bits per heavy atom. The van der Waals surface area contributed by atoms with Gasteiger partial charge >= 0.3 is 5.97 Å². The number of methoxy groups -OCH3 is 1. The Morgan fingerprint density at radius 3 is 2.65 bits per heavy atom. The fraction of sp³-hybridized carbons (Fsp3) is 0.0714. The first-order valence-electron chi connectivity index (χ1n) is 5.62. The van der Waals surface area contributed by atoms with Crippen LogP contribution in [0.1, 0.15) is 10.4 Å². The zero-order valence-electron chi connectivity index (χ0n) is 10.5. The third kappa shape index (κ3) is 3.00. The zero-order valence-corrected chi connectivity index (χ0v) is 11.3. The fourth-order valence-electron chi connectivity index (χ4n) is 1.57. The maximum absolute atomic E-state index is 12.9. The summed E-state index contributed by atoms with van der Waals surface area (Å²) < 4.78 is 23.0. The molecule has 0 radical (unpaired) electrons. The van der Waals surface area contributed by atoms with Crippen LogP contribution >= 0.6 is 11.6 Å². The van der Waals surface area contributed by atoms with Gasteiger partial charge in [-0.2, -0.15) is 0 Å². The van der Waals surface area contributed by atoms with Gasteiger partial charge < -0.3 is 15.2 Å². The van der Waals surface area contributed by atoms with E-state index in [4.69, 9.17) is 22.1 Å². The lowest BCUT2D eigenvalue weighted by Gasteiger charge is -2.10. The molecule has 4 nitrogen and oxygen atoms in total. The predicted molar refractivity (Wildman–Crippen MR) is 73.7 cm³/mol. The van der Waals surface area contributed by atoms with Gasteiger partial charge in [0.15, 0.2) is 0 Å². The molecule has 0 spiro atoms. The van der Waals surface area contributed by atoms with E-state index in [2.05, 4.69) is 4.74 Å². The van der Waals surface area contributed by atoms with Crippen molar-refractivity contribution in [3.8, 4) is 11.5 Å². The van der Waals surface area contributed by atoms with Gasteiger partial charge in [-0.05, 0) is 36.4 Å². The molecule has 0 aliphatic heterocycles. The third-order valence-electron chi connectivity index (χ3n) is 2.55. The maximum Gasteiger partial charge on any atom is 0.340 e. The second-order valence-corrected chi connectivity index (χ2v) is 4.32. The minimum Gasteiger partial charge on any atom is -0.465 e. The van der Waals surface area contributed by atoms with Crippen molar-refractivity contribution in [3.05, 3.63) is 52.8 Å². The van der Waals surface area contributed by atoms with E-state index >= 15 is 0 Å². The molecule has 2 N–H and O–H groups in total. The molecule has 0 fully saturated rings. The van der Waals surface area contributed by atoms with Gasteiger partial charge in [-0.1, -0.05) is 11.6 Å². The Bertz CT molecular complexity index is 661. The number of nitrogen functional groups attached to an aromatic ring is 1. The van der Waals surface area contributed by atoms with E-state index < -0.39 is 11.8 Å². The molecule has 0 amide bonds. The Hall–Kier alpha value is -2.27. The summed E-state index contributed by atoms with van der Waals surface area (Å²) >= 11 is 5.86. The number of hydrogen-bond donors (Lipinski definition) is 1. The third-order valence-corrected chi connectivity index (χ3v) is 2.85. The summed E-state index contributed by atoms with van der Waals surface area (Å²) in [7, 11) is 1.26. The number of anilines is 1. The van der Waals surface area contributed by atoms with E-state index in [1.54, 1.807) is 6.07 Å². The standard InChI is InChI=1S/C14H11ClFNO3/c1-19-14(18)10-7-9(3-4-12(10)17)20-13-5-2-8(16)6-11(13)15/h2-7H,17H2,1H3. The molecule has 0 atom stereocenters. The normalized spacial score (nSPS) is 10.2. The number of esters is 1. The summed E-state index contributed by atoms with van der Waals surface area (Å²) in [6, 6.07) is 8.27. The molecule has 0 aliphatic rings. The van der Waals surface area contributed by atoms with E-state index in [0.29, 0.717) is 5.75 Å². The van der Waals surface area contributed by atoms with Crippen molar-refractivity contribution in [2.45, 2.75) is 0 Å². The van der Waals surface area contributed by atoms with Crippen LogP contribution < -0.4 is 10.5 Å². The van der Waals surface area contributed by atoms with Crippen LogP contribution in [0.25, 0.3) is 0 Å². The van der Waals surface area contributed by atoms with E-state index in [0.717, 1.165) is 6.07 Å². The zero-order chi connectivity index (χ0) is 14.7.